The first-order chi connectivity index (χ1) is 13.7. The van der Waals surface area contributed by atoms with E-state index in [4.69, 9.17) is 16.3 Å². The lowest BCUT2D eigenvalue weighted by molar-refractivity contribution is -0.121. The van der Waals surface area contributed by atoms with Crippen LogP contribution in [0, 0.1) is 0 Å². The maximum atomic E-state index is 11.9. The summed E-state index contributed by atoms with van der Waals surface area (Å²) in [5, 5.41) is 4.70. The number of ether oxygens (including phenoxy) is 1. The number of benzene rings is 3. The molecule has 0 heterocycles. The third-order valence-electron chi connectivity index (χ3n) is 4.06. The van der Waals surface area contributed by atoms with Crippen molar-refractivity contribution in [3.05, 3.63) is 101 Å². The van der Waals surface area contributed by atoms with Gasteiger partial charge in [0.2, 0.25) is 5.91 Å². The molecule has 0 bridgehead atoms. The van der Waals surface area contributed by atoms with Crippen molar-refractivity contribution in [1.82, 2.24) is 5.43 Å². The van der Waals surface area contributed by atoms with E-state index in [1.54, 1.807) is 6.21 Å². The van der Waals surface area contributed by atoms with Crippen LogP contribution < -0.4 is 10.2 Å². The summed E-state index contributed by atoms with van der Waals surface area (Å²) < 4.78 is 5.75. The van der Waals surface area contributed by atoms with Gasteiger partial charge in [0, 0.05) is 11.4 Å². The molecule has 3 rings (SSSR count). The lowest BCUT2D eigenvalue weighted by atomic mass is 10.1. The summed E-state index contributed by atoms with van der Waals surface area (Å²) in [7, 11) is 0. The molecule has 1 N–H and O–H groups in total. The van der Waals surface area contributed by atoms with Crippen molar-refractivity contribution >= 4 is 23.7 Å². The van der Waals surface area contributed by atoms with Crippen LogP contribution in [0.5, 0.6) is 5.75 Å². The Labute approximate surface area is 169 Å². The van der Waals surface area contributed by atoms with E-state index >= 15 is 0 Å². The molecular formula is C23H21ClN2O2. The molecular weight excluding hydrogens is 372 g/mol. The fraction of sp³-hybridized carbons (Fsp3) is 0.130. The molecule has 0 aliphatic heterocycles. The van der Waals surface area contributed by atoms with Crippen LogP contribution >= 0.6 is 11.6 Å². The van der Waals surface area contributed by atoms with Crippen LogP contribution in [0.3, 0.4) is 0 Å². The van der Waals surface area contributed by atoms with Gasteiger partial charge in [0.1, 0.15) is 12.4 Å². The zero-order valence-electron chi connectivity index (χ0n) is 15.3. The molecule has 28 heavy (non-hydrogen) atoms. The molecule has 0 spiro atoms. The minimum Gasteiger partial charge on any atom is -0.489 e. The van der Waals surface area contributed by atoms with Gasteiger partial charge in [-0.1, -0.05) is 54.1 Å². The van der Waals surface area contributed by atoms with E-state index in [0.29, 0.717) is 24.5 Å². The molecule has 142 valence electrons. The van der Waals surface area contributed by atoms with Crippen molar-refractivity contribution in [3.8, 4) is 5.75 Å². The van der Waals surface area contributed by atoms with Crippen LogP contribution in [0.4, 0.5) is 0 Å². The largest absolute Gasteiger partial charge is 0.489 e. The average Bonchev–Trinajstić information content (AvgIpc) is 2.72. The second-order valence-electron chi connectivity index (χ2n) is 6.27. The van der Waals surface area contributed by atoms with Crippen LogP contribution in [-0.2, 0) is 17.8 Å². The number of amides is 1. The van der Waals surface area contributed by atoms with Crippen LogP contribution in [0.1, 0.15) is 23.1 Å². The van der Waals surface area contributed by atoms with Gasteiger partial charge < -0.3 is 4.74 Å². The first-order valence-electron chi connectivity index (χ1n) is 9.02. The fourth-order valence-corrected chi connectivity index (χ4v) is 2.79. The molecule has 0 unspecified atom stereocenters. The molecule has 5 heteroatoms. The van der Waals surface area contributed by atoms with Gasteiger partial charge in [-0.2, -0.15) is 5.10 Å². The maximum absolute atomic E-state index is 11.9. The molecule has 0 radical (unpaired) electrons. The smallest absolute Gasteiger partial charge is 0.240 e. The summed E-state index contributed by atoms with van der Waals surface area (Å²) in [4.78, 5) is 11.9. The van der Waals surface area contributed by atoms with Crippen molar-refractivity contribution in [2.75, 3.05) is 0 Å². The summed E-state index contributed by atoms with van der Waals surface area (Å²) in [6.45, 7) is 0.450. The SMILES string of the molecule is O=C(CCc1ccccc1)N/N=C\c1ccc(OCc2cccc(Cl)c2)cc1. The molecule has 1 amide bonds. The highest BCUT2D eigenvalue weighted by Crippen LogP contribution is 2.16. The summed E-state index contributed by atoms with van der Waals surface area (Å²) >= 11 is 5.97. The normalized spacial score (nSPS) is 10.8. The van der Waals surface area contributed by atoms with Gasteiger partial charge >= 0.3 is 0 Å². The van der Waals surface area contributed by atoms with Gasteiger partial charge in [0.05, 0.1) is 6.21 Å². The molecule has 0 saturated heterocycles. The van der Waals surface area contributed by atoms with Crippen molar-refractivity contribution in [1.29, 1.82) is 0 Å². The van der Waals surface area contributed by atoms with E-state index in [1.165, 1.54) is 0 Å². The standard InChI is InChI=1S/C23H21ClN2O2/c24-21-8-4-7-20(15-21)17-28-22-12-9-19(10-13-22)16-25-26-23(27)14-11-18-5-2-1-3-6-18/h1-10,12-13,15-16H,11,14,17H2,(H,26,27)/b25-16-. The first kappa shape index (κ1) is 19.6. The summed E-state index contributed by atoms with van der Waals surface area (Å²) in [6, 6.07) is 25.0. The number of rotatable bonds is 8. The number of nitrogens with one attached hydrogen (secondary N) is 1. The Bertz CT molecular complexity index is 925. The highest BCUT2D eigenvalue weighted by Gasteiger charge is 2.01. The number of hydrazone groups is 1. The lowest BCUT2D eigenvalue weighted by Gasteiger charge is -2.06. The minimum absolute atomic E-state index is 0.110. The van der Waals surface area contributed by atoms with Crippen molar-refractivity contribution in [2.45, 2.75) is 19.4 Å². The quantitative estimate of drug-likeness (QED) is 0.433. The van der Waals surface area contributed by atoms with E-state index in [2.05, 4.69) is 10.5 Å². The summed E-state index contributed by atoms with van der Waals surface area (Å²) in [5.41, 5.74) is 5.57. The third-order valence-corrected chi connectivity index (χ3v) is 4.30. The second kappa shape index (κ2) is 10.3. The van der Waals surface area contributed by atoms with Gasteiger partial charge in [0.25, 0.3) is 0 Å². The highest BCUT2D eigenvalue weighted by molar-refractivity contribution is 6.30. The van der Waals surface area contributed by atoms with E-state index < -0.39 is 0 Å². The molecule has 3 aromatic carbocycles. The Morgan fingerprint density at radius 1 is 0.964 bits per heavy atom. The molecule has 0 aliphatic rings. The molecule has 0 aliphatic carbocycles. The average molecular weight is 393 g/mol. The van der Waals surface area contributed by atoms with Gasteiger partial charge in [-0.3, -0.25) is 4.79 Å². The highest BCUT2D eigenvalue weighted by atomic mass is 35.5. The maximum Gasteiger partial charge on any atom is 0.240 e. The Balaban J connectivity index is 1.42. The fourth-order valence-electron chi connectivity index (χ4n) is 2.58. The van der Waals surface area contributed by atoms with Crippen LogP contribution in [0.15, 0.2) is 84.0 Å². The number of carbonyl (C=O) groups is 1. The Hall–Kier alpha value is -3.11. The van der Waals surface area contributed by atoms with Crippen LogP contribution in [0.2, 0.25) is 5.02 Å². The predicted octanol–water partition coefficient (Wildman–Crippen LogP) is 5.00. The number of aryl methyl sites for hydroxylation is 1. The van der Waals surface area contributed by atoms with Crippen molar-refractivity contribution < 1.29 is 9.53 Å². The van der Waals surface area contributed by atoms with Crippen LogP contribution in [0.25, 0.3) is 0 Å². The molecule has 4 nitrogen and oxygen atoms in total. The number of nitrogens with zero attached hydrogens (tertiary/aromatic N) is 1. The van der Waals surface area contributed by atoms with E-state index in [1.807, 2.05) is 78.9 Å². The number of halogens is 1. The zero-order chi connectivity index (χ0) is 19.6. The van der Waals surface area contributed by atoms with Gasteiger partial charge in [-0.15, -0.1) is 0 Å². The Morgan fingerprint density at radius 3 is 2.46 bits per heavy atom. The van der Waals surface area contributed by atoms with Gasteiger partial charge in [-0.25, -0.2) is 5.43 Å². The Kier molecular flexibility index (Phi) is 7.21. The molecule has 0 saturated carbocycles. The molecule has 0 aromatic heterocycles. The second-order valence-corrected chi connectivity index (χ2v) is 6.70. The van der Waals surface area contributed by atoms with Crippen molar-refractivity contribution in [3.63, 3.8) is 0 Å². The van der Waals surface area contributed by atoms with Gasteiger partial charge in [0.15, 0.2) is 0 Å². The van der Waals surface area contributed by atoms with E-state index in [0.717, 1.165) is 22.4 Å². The van der Waals surface area contributed by atoms with Gasteiger partial charge in [-0.05, 0) is 59.5 Å². The Morgan fingerprint density at radius 2 is 1.71 bits per heavy atom. The number of hydrogen-bond donors (Lipinski definition) is 1. The first-order valence-corrected chi connectivity index (χ1v) is 9.40. The molecule has 0 atom stereocenters. The lowest BCUT2D eigenvalue weighted by Crippen LogP contribution is -2.17. The monoisotopic (exact) mass is 392 g/mol. The number of hydrogen-bond acceptors (Lipinski definition) is 3. The zero-order valence-corrected chi connectivity index (χ0v) is 16.1. The molecule has 0 fully saturated rings. The summed E-state index contributed by atoms with van der Waals surface area (Å²) in [5.74, 6) is 0.644. The third kappa shape index (κ3) is 6.56. The predicted molar refractivity (Wildman–Crippen MR) is 113 cm³/mol. The van der Waals surface area contributed by atoms with E-state index in [-0.39, 0.29) is 5.91 Å². The van der Waals surface area contributed by atoms with Crippen LogP contribution in [-0.4, -0.2) is 12.1 Å². The number of carbonyl (C=O) groups excluding carboxylic acids is 1. The van der Waals surface area contributed by atoms with E-state index in [9.17, 15) is 4.79 Å². The molecule has 3 aromatic rings. The topological polar surface area (TPSA) is 50.7 Å². The van der Waals surface area contributed by atoms with Crippen molar-refractivity contribution in [2.24, 2.45) is 5.10 Å². The minimum atomic E-state index is -0.110. The summed E-state index contributed by atoms with van der Waals surface area (Å²) in [6.07, 6.45) is 2.71.